The highest BCUT2D eigenvalue weighted by Gasteiger charge is 2.24. The minimum Gasteiger partial charge on any atom is -0.342 e. The summed E-state index contributed by atoms with van der Waals surface area (Å²) in [7, 11) is 1.83. The minimum absolute atomic E-state index is 0.0659. The van der Waals surface area contributed by atoms with E-state index in [4.69, 9.17) is 0 Å². The molecule has 0 bridgehead atoms. The molecule has 0 unspecified atom stereocenters. The van der Waals surface area contributed by atoms with Crippen LogP contribution < -0.4 is 0 Å². The quantitative estimate of drug-likeness (QED) is 0.509. The average Bonchev–Trinajstić information content (AvgIpc) is 2.77. The number of unbranched alkanes of at least 4 members (excludes halogenated alkanes) is 1. The number of aldehydes is 1. The lowest BCUT2D eigenvalue weighted by molar-refractivity contribution is 0.0750. The van der Waals surface area contributed by atoms with Gasteiger partial charge in [0.2, 0.25) is 0 Å². The van der Waals surface area contributed by atoms with Gasteiger partial charge in [0.05, 0.1) is 5.56 Å². The Morgan fingerprint density at radius 3 is 2.50 bits per heavy atom. The highest BCUT2D eigenvalue weighted by Crippen LogP contribution is 2.23. The lowest BCUT2D eigenvalue weighted by Crippen LogP contribution is -2.50. The fourth-order valence-electron chi connectivity index (χ4n) is 4.58. The summed E-state index contributed by atoms with van der Waals surface area (Å²) >= 11 is 0. The Hall–Kier alpha value is -1.72. The van der Waals surface area contributed by atoms with E-state index in [1.165, 1.54) is 58.3 Å². The maximum absolute atomic E-state index is 12.6. The van der Waals surface area contributed by atoms with E-state index >= 15 is 0 Å². The van der Waals surface area contributed by atoms with Crippen LogP contribution in [0.1, 0.15) is 65.7 Å². The van der Waals surface area contributed by atoms with E-state index in [1.807, 2.05) is 7.05 Å². The summed E-state index contributed by atoms with van der Waals surface area (Å²) in [5.41, 5.74) is 0.967. The molecule has 1 saturated carbocycles. The fourth-order valence-corrected chi connectivity index (χ4v) is 4.58. The molecule has 28 heavy (non-hydrogen) atoms. The summed E-state index contributed by atoms with van der Waals surface area (Å²) in [5.74, 6) is -0.0659. The molecule has 1 aromatic rings. The molecule has 2 aliphatic rings. The van der Waals surface area contributed by atoms with Crippen LogP contribution in [0.25, 0.3) is 0 Å². The van der Waals surface area contributed by atoms with Crippen LogP contribution in [0.5, 0.6) is 0 Å². The molecule has 2 fully saturated rings. The molecule has 0 radical (unpaired) electrons. The van der Waals surface area contributed by atoms with Crippen LogP contribution in [0, 0.1) is 0 Å². The van der Waals surface area contributed by atoms with Crippen LogP contribution in [0.4, 0.5) is 0 Å². The van der Waals surface area contributed by atoms with Gasteiger partial charge in [-0.05, 0) is 38.3 Å². The zero-order valence-electron chi connectivity index (χ0n) is 17.3. The molecule has 1 aliphatic heterocycles. The van der Waals surface area contributed by atoms with Crippen LogP contribution >= 0.6 is 0 Å². The molecule has 3 rings (SSSR count). The van der Waals surface area contributed by atoms with Crippen molar-refractivity contribution >= 4 is 12.2 Å². The number of hydrogen-bond donors (Lipinski definition) is 0. The first-order valence-electron chi connectivity index (χ1n) is 10.9. The average molecular weight is 386 g/mol. The van der Waals surface area contributed by atoms with Crippen LogP contribution in [-0.2, 0) is 0 Å². The van der Waals surface area contributed by atoms with Gasteiger partial charge in [-0.25, -0.2) is 0 Å². The van der Waals surface area contributed by atoms with Gasteiger partial charge in [0, 0.05) is 51.4 Å². The molecule has 5 heteroatoms. The molecule has 0 spiro atoms. The molecular formula is C23H35N3O2. The molecule has 1 aromatic carbocycles. The lowest BCUT2D eigenvalue weighted by atomic mass is 9.94. The summed E-state index contributed by atoms with van der Waals surface area (Å²) in [6.45, 7) is 6.63. The largest absolute Gasteiger partial charge is 0.342 e. The zero-order chi connectivity index (χ0) is 19.8. The Morgan fingerprint density at radius 1 is 1.07 bits per heavy atom. The SMILES string of the molecule is CN(CCCCN1CCN(C2CCCCC2)CC1)C(=O)c1ccccc1C=O. The van der Waals surface area contributed by atoms with Crippen molar-refractivity contribution in [3.05, 3.63) is 35.4 Å². The smallest absolute Gasteiger partial charge is 0.254 e. The van der Waals surface area contributed by atoms with E-state index in [1.54, 1.807) is 29.2 Å². The van der Waals surface area contributed by atoms with Gasteiger partial charge in [-0.3, -0.25) is 14.5 Å². The molecule has 154 valence electrons. The summed E-state index contributed by atoms with van der Waals surface area (Å²) in [6.07, 6.45) is 9.90. The third kappa shape index (κ3) is 5.65. The Morgan fingerprint density at radius 2 is 1.79 bits per heavy atom. The van der Waals surface area contributed by atoms with E-state index in [0.717, 1.165) is 38.3 Å². The number of carbonyl (C=O) groups is 2. The maximum Gasteiger partial charge on any atom is 0.254 e. The van der Waals surface area contributed by atoms with Crippen molar-refractivity contribution in [2.24, 2.45) is 0 Å². The summed E-state index contributed by atoms with van der Waals surface area (Å²) < 4.78 is 0. The molecule has 1 saturated heterocycles. The third-order valence-electron chi connectivity index (χ3n) is 6.38. The van der Waals surface area contributed by atoms with Crippen molar-refractivity contribution in [3.63, 3.8) is 0 Å². The van der Waals surface area contributed by atoms with Gasteiger partial charge in [-0.15, -0.1) is 0 Å². The van der Waals surface area contributed by atoms with Crippen molar-refractivity contribution in [2.75, 3.05) is 46.3 Å². The second-order valence-electron chi connectivity index (χ2n) is 8.31. The zero-order valence-corrected chi connectivity index (χ0v) is 17.3. The molecular weight excluding hydrogens is 350 g/mol. The van der Waals surface area contributed by atoms with E-state index in [2.05, 4.69) is 9.80 Å². The van der Waals surface area contributed by atoms with Crippen molar-refractivity contribution < 1.29 is 9.59 Å². The second-order valence-corrected chi connectivity index (χ2v) is 8.31. The first-order chi connectivity index (χ1) is 13.7. The highest BCUT2D eigenvalue weighted by atomic mass is 16.2. The van der Waals surface area contributed by atoms with Crippen LogP contribution in [0.3, 0.4) is 0 Å². The number of carbonyl (C=O) groups excluding carboxylic acids is 2. The predicted molar refractivity (Wildman–Crippen MR) is 113 cm³/mol. The third-order valence-corrected chi connectivity index (χ3v) is 6.38. The van der Waals surface area contributed by atoms with E-state index in [0.29, 0.717) is 11.1 Å². The van der Waals surface area contributed by atoms with E-state index in [-0.39, 0.29) is 5.91 Å². The Balaban J connectivity index is 1.33. The lowest BCUT2D eigenvalue weighted by Gasteiger charge is -2.40. The number of benzene rings is 1. The van der Waals surface area contributed by atoms with E-state index < -0.39 is 0 Å². The maximum atomic E-state index is 12.6. The second kappa shape index (κ2) is 10.7. The summed E-state index contributed by atoms with van der Waals surface area (Å²) in [6, 6.07) is 7.86. The highest BCUT2D eigenvalue weighted by molar-refractivity contribution is 6.01. The van der Waals surface area contributed by atoms with Gasteiger partial charge >= 0.3 is 0 Å². The first-order valence-corrected chi connectivity index (χ1v) is 10.9. The Bertz CT molecular complexity index is 634. The van der Waals surface area contributed by atoms with Gasteiger partial charge < -0.3 is 9.80 Å². The molecule has 0 aromatic heterocycles. The molecule has 1 heterocycles. The van der Waals surface area contributed by atoms with Crippen molar-refractivity contribution in [1.82, 2.24) is 14.7 Å². The Kier molecular flexibility index (Phi) is 8.04. The monoisotopic (exact) mass is 385 g/mol. The molecule has 0 atom stereocenters. The number of hydrogen-bond acceptors (Lipinski definition) is 4. The fraction of sp³-hybridized carbons (Fsp3) is 0.652. The van der Waals surface area contributed by atoms with Crippen LogP contribution in [0.15, 0.2) is 24.3 Å². The summed E-state index contributed by atoms with van der Waals surface area (Å²) in [4.78, 5) is 30.7. The standard InChI is InChI=1S/C23H35N3O2/c1-24(23(28)22-12-6-5-9-20(22)19-27)13-7-8-14-25-15-17-26(18-16-25)21-10-3-2-4-11-21/h5-6,9,12,19,21H,2-4,7-8,10-11,13-18H2,1H3. The topological polar surface area (TPSA) is 43.9 Å². The van der Waals surface area contributed by atoms with Crippen molar-refractivity contribution in [2.45, 2.75) is 51.0 Å². The van der Waals surface area contributed by atoms with Crippen LogP contribution in [-0.4, -0.2) is 79.3 Å². The van der Waals surface area contributed by atoms with Gasteiger partial charge in [-0.2, -0.15) is 0 Å². The van der Waals surface area contributed by atoms with Gasteiger partial charge in [-0.1, -0.05) is 37.5 Å². The number of piperazine rings is 1. The Labute approximate surface area is 169 Å². The predicted octanol–water partition coefficient (Wildman–Crippen LogP) is 3.30. The minimum atomic E-state index is -0.0659. The molecule has 1 amide bonds. The van der Waals surface area contributed by atoms with Gasteiger partial charge in [0.1, 0.15) is 0 Å². The summed E-state index contributed by atoms with van der Waals surface area (Å²) in [5, 5.41) is 0. The van der Waals surface area contributed by atoms with Gasteiger partial charge in [0.15, 0.2) is 6.29 Å². The number of amides is 1. The molecule has 0 N–H and O–H groups in total. The van der Waals surface area contributed by atoms with Crippen molar-refractivity contribution in [1.29, 1.82) is 0 Å². The van der Waals surface area contributed by atoms with Gasteiger partial charge in [0.25, 0.3) is 5.91 Å². The van der Waals surface area contributed by atoms with Crippen LogP contribution in [0.2, 0.25) is 0 Å². The number of nitrogens with zero attached hydrogens (tertiary/aromatic N) is 3. The number of rotatable bonds is 8. The van der Waals surface area contributed by atoms with E-state index in [9.17, 15) is 9.59 Å². The first kappa shape index (κ1) is 21.0. The normalized spacial score (nSPS) is 19.5. The molecule has 1 aliphatic carbocycles. The van der Waals surface area contributed by atoms with Crippen molar-refractivity contribution in [3.8, 4) is 0 Å². The molecule has 5 nitrogen and oxygen atoms in total.